The SMILES string of the molecule is c1ccc(-c2cc3ncnc(Nc4c(-c5ccccc5)[nH]c5ccccc45)c3s2)cc1. The highest BCUT2D eigenvalue weighted by atomic mass is 32.1. The maximum atomic E-state index is 4.60. The summed E-state index contributed by atoms with van der Waals surface area (Å²) in [6, 6.07) is 31.2. The highest BCUT2D eigenvalue weighted by Crippen LogP contribution is 2.40. The third-order valence-electron chi connectivity index (χ3n) is 5.38. The number of fused-ring (bicyclic) bond motifs is 2. The highest BCUT2D eigenvalue weighted by molar-refractivity contribution is 7.22. The van der Waals surface area contributed by atoms with Crippen LogP contribution < -0.4 is 5.32 Å². The lowest BCUT2D eigenvalue weighted by molar-refractivity contribution is 1.23. The van der Waals surface area contributed by atoms with Crippen molar-refractivity contribution >= 4 is 44.0 Å². The molecule has 0 bridgehead atoms. The van der Waals surface area contributed by atoms with Crippen LogP contribution in [0.2, 0.25) is 0 Å². The number of nitrogens with one attached hydrogen (secondary N) is 2. The smallest absolute Gasteiger partial charge is 0.151 e. The Bertz CT molecular complexity index is 1500. The molecule has 0 saturated carbocycles. The monoisotopic (exact) mass is 418 g/mol. The molecule has 0 fully saturated rings. The third kappa shape index (κ3) is 3.16. The summed E-state index contributed by atoms with van der Waals surface area (Å²) in [6.07, 6.45) is 1.63. The minimum atomic E-state index is 0.819. The number of anilines is 2. The van der Waals surface area contributed by atoms with E-state index >= 15 is 0 Å². The molecule has 0 atom stereocenters. The molecule has 148 valence electrons. The summed E-state index contributed by atoms with van der Waals surface area (Å²) in [4.78, 5) is 13.9. The molecule has 0 spiro atoms. The van der Waals surface area contributed by atoms with Crippen LogP contribution in [0.15, 0.2) is 97.3 Å². The van der Waals surface area contributed by atoms with Gasteiger partial charge in [0, 0.05) is 21.3 Å². The first-order chi connectivity index (χ1) is 15.4. The second-order valence-corrected chi connectivity index (χ2v) is 8.38. The molecule has 0 unspecified atom stereocenters. The maximum absolute atomic E-state index is 4.60. The van der Waals surface area contributed by atoms with E-state index < -0.39 is 0 Å². The van der Waals surface area contributed by atoms with Crippen LogP contribution in [-0.4, -0.2) is 15.0 Å². The zero-order chi connectivity index (χ0) is 20.6. The first-order valence-electron chi connectivity index (χ1n) is 10.1. The Labute approximate surface area is 183 Å². The maximum Gasteiger partial charge on any atom is 0.151 e. The molecule has 0 amide bonds. The molecule has 2 N–H and O–H groups in total. The third-order valence-corrected chi connectivity index (χ3v) is 6.56. The Kier molecular flexibility index (Phi) is 4.25. The summed E-state index contributed by atoms with van der Waals surface area (Å²) >= 11 is 1.71. The topological polar surface area (TPSA) is 53.6 Å². The Morgan fingerprint density at radius 2 is 1.45 bits per heavy atom. The number of H-pyrrole nitrogens is 1. The van der Waals surface area contributed by atoms with Gasteiger partial charge in [-0.3, -0.25) is 0 Å². The molecule has 0 aliphatic rings. The summed E-state index contributed by atoms with van der Waals surface area (Å²) in [5, 5.41) is 4.76. The van der Waals surface area contributed by atoms with E-state index in [2.05, 4.69) is 93.1 Å². The Morgan fingerprint density at radius 3 is 2.26 bits per heavy atom. The zero-order valence-corrected chi connectivity index (χ0v) is 17.4. The fourth-order valence-electron chi connectivity index (χ4n) is 3.90. The number of benzene rings is 3. The van der Waals surface area contributed by atoms with Crippen molar-refractivity contribution in [1.82, 2.24) is 15.0 Å². The molecule has 31 heavy (non-hydrogen) atoms. The van der Waals surface area contributed by atoms with E-state index in [1.165, 1.54) is 10.4 Å². The number of rotatable bonds is 4. The average molecular weight is 419 g/mol. The fraction of sp³-hybridized carbons (Fsp3) is 0. The lowest BCUT2D eigenvalue weighted by Crippen LogP contribution is -1.95. The number of thiophene rings is 1. The van der Waals surface area contributed by atoms with Crippen LogP contribution in [0.1, 0.15) is 0 Å². The average Bonchev–Trinajstić information content (AvgIpc) is 3.43. The molecule has 0 aliphatic heterocycles. The molecule has 0 saturated heterocycles. The fourth-order valence-corrected chi connectivity index (χ4v) is 4.96. The second-order valence-electron chi connectivity index (χ2n) is 7.32. The summed E-state index contributed by atoms with van der Waals surface area (Å²) in [5.41, 5.74) is 6.42. The van der Waals surface area contributed by atoms with Crippen LogP contribution in [0.4, 0.5) is 11.5 Å². The second kappa shape index (κ2) is 7.38. The van der Waals surface area contributed by atoms with Crippen molar-refractivity contribution in [1.29, 1.82) is 0 Å². The quantitative estimate of drug-likeness (QED) is 0.317. The predicted octanol–water partition coefficient (Wildman–Crippen LogP) is 7.25. The van der Waals surface area contributed by atoms with Crippen LogP contribution in [0.5, 0.6) is 0 Å². The number of hydrogen-bond donors (Lipinski definition) is 2. The van der Waals surface area contributed by atoms with E-state index in [1.807, 2.05) is 18.2 Å². The number of para-hydroxylation sites is 1. The molecule has 5 heteroatoms. The van der Waals surface area contributed by atoms with Crippen molar-refractivity contribution in [2.24, 2.45) is 0 Å². The van der Waals surface area contributed by atoms with Gasteiger partial charge < -0.3 is 10.3 Å². The van der Waals surface area contributed by atoms with Gasteiger partial charge in [0.1, 0.15) is 6.33 Å². The van der Waals surface area contributed by atoms with Gasteiger partial charge in [0.05, 0.1) is 21.6 Å². The van der Waals surface area contributed by atoms with Crippen molar-refractivity contribution < 1.29 is 0 Å². The van der Waals surface area contributed by atoms with Crippen LogP contribution >= 0.6 is 11.3 Å². The van der Waals surface area contributed by atoms with Gasteiger partial charge in [-0.2, -0.15) is 0 Å². The van der Waals surface area contributed by atoms with Crippen molar-refractivity contribution in [3.63, 3.8) is 0 Å². The molecule has 6 aromatic rings. The standard InChI is InChI=1S/C26H18N4S/c1-3-9-17(10-4-1)22-15-21-25(31-22)26(28-16-27-21)30-24-19-13-7-8-14-20(19)29-23(24)18-11-5-2-6-12-18/h1-16,29H,(H,27,28,30). The first-order valence-corrected chi connectivity index (χ1v) is 10.9. The number of nitrogens with zero attached hydrogens (tertiary/aromatic N) is 2. The van der Waals surface area contributed by atoms with Gasteiger partial charge >= 0.3 is 0 Å². The van der Waals surface area contributed by atoms with E-state index in [0.29, 0.717) is 0 Å². The molecule has 0 aliphatic carbocycles. The molecular formula is C26H18N4S. The number of aromatic nitrogens is 3. The molecule has 4 nitrogen and oxygen atoms in total. The van der Waals surface area contributed by atoms with Crippen LogP contribution in [0, 0.1) is 0 Å². The normalized spacial score (nSPS) is 11.2. The van der Waals surface area contributed by atoms with Gasteiger partial charge in [-0.25, -0.2) is 9.97 Å². The van der Waals surface area contributed by atoms with E-state index in [-0.39, 0.29) is 0 Å². The van der Waals surface area contributed by atoms with Crippen molar-refractivity contribution in [3.05, 3.63) is 97.3 Å². The van der Waals surface area contributed by atoms with Crippen molar-refractivity contribution in [2.45, 2.75) is 0 Å². The molecular weight excluding hydrogens is 400 g/mol. The lowest BCUT2D eigenvalue weighted by Gasteiger charge is -2.09. The largest absolute Gasteiger partial charge is 0.353 e. The van der Waals surface area contributed by atoms with Crippen LogP contribution in [-0.2, 0) is 0 Å². The van der Waals surface area contributed by atoms with Crippen molar-refractivity contribution in [2.75, 3.05) is 5.32 Å². The first kappa shape index (κ1) is 17.9. The predicted molar refractivity (Wildman–Crippen MR) is 130 cm³/mol. The highest BCUT2D eigenvalue weighted by Gasteiger charge is 2.16. The van der Waals surface area contributed by atoms with Gasteiger partial charge in [-0.05, 0) is 17.7 Å². The van der Waals surface area contributed by atoms with Crippen molar-refractivity contribution in [3.8, 4) is 21.7 Å². The van der Waals surface area contributed by atoms with Gasteiger partial charge in [0.25, 0.3) is 0 Å². The Hall–Kier alpha value is -3.96. The van der Waals surface area contributed by atoms with E-state index in [0.717, 1.165) is 43.9 Å². The van der Waals surface area contributed by atoms with E-state index in [4.69, 9.17) is 0 Å². The van der Waals surface area contributed by atoms with Gasteiger partial charge in [0.15, 0.2) is 5.82 Å². The number of hydrogen-bond acceptors (Lipinski definition) is 4. The van der Waals surface area contributed by atoms with Gasteiger partial charge in [-0.15, -0.1) is 11.3 Å². The van der Waals surface area contributed by atoms with E-state index in [9.17, 15) is 0 Å². The minimum Gasteiger partial charge on any atom is -0.353 e. The number of aromatic amines is 1. The molecule has 3 aromatic carbocycles. The Morgan fingerprint density at radius 1 is 0.742 bits per heavy atom. The Balaban J connectivity index is 1.51. The lowest BCUT2D eigenvalue weighted by atomic mass is 10.1. The molecule has 6 rings (SSSR count). The van der Waals surface area contributed by atoms with Crippen LogP contribution in [0.3, 0.4) is 0 Å². The summed E-state index contributed by atoms with van der Waals surface area (Å²) < 4.78 is 1.05. The zero-order valence-electron chi connectivity index (χ0n) is 16.5. The molecule has 3 aromatic heterocycles. The van der Waals surface area contributed by atoms with Gasteiger partial charge in [-0.1, -0.05) is 78.9 Å². The summed E-state index contributed by atoms with van der Waals surface area (Å²) in [6.45, 7) is 0. The summed E-state index contributed by atoms with van der Waals surface area (Å²) in [7, 11) is 0. The summed E-state index contributed by atoms with van der Waals surface area (Å²) in [5.74, 6) is 0.819. The van der Waals surface area contributed by atoms with E-state index in [1.54, 1.807) is 17.7 Å². The van der Waals surface area contributed by atoms with Gasteiger partial charge in [0.2, 0.25) is 0 Å². The van der Waals surface area contributed by atoms with Crippen LogP contribution in [0.25, 0.3) is 42.8 Å². The molecule has 3 heterocycles. The molecule has 0 radical (unpaired) electrons. The minimum absolute atomic E-state index is 0.819.